The summed E-state index contributed by atoms with van der Waals surface area (Å²) >= 11 is 0. The van der Waals surface area contributed by atoms with Crippen molar-refractivity contribution in [3.63, 3.8) is 0 Å². The molecule has 0 saturated carbocycles. The minimum Gasteiger partial charge on any atom is -0.497 e. The number of carbonyl (C=O) groups excluding carboxylic acids is 1. The third-order valence-corrected chi connectivity index (χ3v) is 4.27. The molecule has 3 unspecified atom stereocenters. The van der Waals surface area contributed by atoms with Crippen LogP contribution < -0.4 is 10.5 Å². The second kappa shape index (κ2) is 6.27. The zero-order valence-electron chi connectivity index (χ0n) is 12.5. The lowest BCUT2D eigenvalue weighted by Crippen LogP contribution is -2.40. The first-order chi connectivity index (χ1) is 9.52. The van der Waals surface area contributed by atoms with Gasteiger partial charge in [-0.25, -0.2) is 0 Å². The van der Waals surface area contributed by atoms with Gasteiger partial charge in [-0.1, -0.05) is 19.1 Å². The van der Waals surface area contributed by atoms with Crippen molar-refractivity contribution in [2.75, 3.05) is 20.2 Å². The highest BCUT2D eigenvalue weighted by Crippen LogP contribution is 2.29. The van der Waals surface area contributed by atoms with Crippen molar-refractivity contribution in [2.24, 2.45) is 11.7 Å². The van der Waals surface area contributed by atoms with E-state index in [1.165, 1.54) is 5.56 Å². The predicted molar refractivity (Wildman–Crippen MR) is 79.7 cm³/mol. The van der Waals surface area contributed by atoms with Crippen LogP contribution in [0.2, 0.25) is 0 Å². The molecule has 1 amide bonds. The average Bonchev–Trinajstić information content (AvgIpc) is 2.95. The molecule has 0 spiro atoms. The quantitative estimate of drug-likeness (QED) is 0.915. The minimum absolute atomic E-state index is 0.0949. The van der Waals surface area contributed by atoms with Crippen LogP contribution in [0, 0.1) is 5.92 Å². The van der Waals surface area contributed by atoms with Gasteiger partial charge in [-0.05, 0) is 31.0 Å². The molecule has 3 atom stereocenters. The van der Waals surface area contributed by atoms with Crippen molar-refractivity contribution in [2.45, 2.75) is 32.2 Å². The summed E-state index contributed by atoms with van der Waals surface area (Å²) in [6.07, 6.45) is 1.02. The summed E-state index contributed by atoms with van der Waals surface area (Å²) in [5.41, 5.74) is 7.09. The molecule has 1 heterocycles. The number of nitrogens with zero attached hydrogens (tertiary/aromatic N) is 1. The average molecular weight is 276 g/mol. The van der Waals surface area contributed by atoms with Gasteiger partial charge in [0.15, 0.2) is 0 Å². The molecule has 4 nitrogen and oxygen atoms in total. The molecular formula is C16H24N2O2. The Hall–Kier alpha value is -1.55. The van der Waals surface area contributed by atoms with Crippen molar-refractivity contribution in [1.29, 1.82) is 0 Å². The summed E-state index contributed by atoms with van der Waals surface area (Å²) in [6.45, 7) is 5.42. The van der Waals surface area contributed by atoms with E-state index in [1.807, 2.05) is 30.9 Å². The molecule has 1 saturated heterocycles. The highest BCUT2D eigenvalue weighted by Gasteiger charge is 2.30. The Morgan fingerprint density at radius 1 is 1.35 bits per heavy atom. The number of amides is 1. The summed E-state index contributed by atoms with van der Waals surface area (Å²) in [4.78, 5) is 14.2. The normalized spacial score (nSPS) is 21.6. The summed E-state index contributed by atoms with van der Waals surface area (Å²) in [6, 6.07) is 8.04. The van der Waals surface area contributed by atoms with Gasteiger partial charge in [-0.15, -0.1) is 0 Å². The lowest BCUT2D eigenvalue weighted by molar-refractivity contribution is -0.134. The predicted octanol–water partition coefficient (Wildman–Crippen LogP) is 1.99. The van der Waals surface area contributed by atoms with Crippen molar-refractivity contribution in [3.8, 4) is 5.75 Å². The van der Waals surface area contributed by atoms with E-state index in [0.717, 1.165) is 25.3 Å². The molecule has 0 aromatic heterocycles. The highest BCUT2D eigenvalue weighted by molar-refractivity contribution is 5.79. The molecule has 2 N–H and O–H groups in total. The Balaban J connectivity index is 1.99. The van der Waals surface area contributed by atoms with Crippen LogP contribution in [0.4, 0.5) is 0 Å². The van der Waals surface area contributed by atoms with Gasteiger partial charge in [-0.2, -0.15) is 0 Å². The number of rotatable bonds is 4. The Labute approximate surface area is 120 Å². The summed E-state index contributed by atoms with van der Waals surface area (Å²) in [5, 5.41) is 0. The first-order valence-corrected chi connectivity index (χ1v) is 7.21. The lowest BCUT2D eigenvalue weighted by Gasteiger charge is -2.23. The maximum absolute atomic E-state index is 12.3. The van der Waals surface area contributed by atoms with E-state index in [9.17, 15) is 4.79 Å². The SMILES string of the molecule is COc1ccc(C2CCN(C(=O)C(C)C(C)N)C2)cc1. The van der Waals surface area contributed by atoms with Crippen molar-refractivity contribution < 1.29 is 9.53 Å². The van der Waals surface area contributed by atoms with E-state index in [1.54, 1.807) is 7.11 Å². The van der Waals surface area contributed by atoms with E-state index in [-0.39, 0.29) is 17.9 Å². The molecule has 0 aliphatic carbocycles. The molecule has 2 rings (SSSR count). The molecule has 0 bridgehead atoms. The van der Waals surface area contributed by atoms with Gasteiger partial charge < -0.3 is 15.4 Å². The molecule has 1 aromatic carbocycles. The molecular weight excluding hydrogens is 252 g/mol. The molecule has 20 heavy (non-hydrogen) atoms. The van der Waals surface area contributed by atoms with Crippen LogP contribution in [-0.4, -0.2) is 37.0 Å². The molecule has 1 aromatic rings. The summed E-state index contributed by atoms with van der Waals surface area (Å²) in [7, 11) is 1.67. The molecule has 1 aliphatic heterocycles. The largest absolute Gasteiger partial charge is 0.497 e. The smallest absolute Gasteiger partial charge is 0.226 e. The number of benzene rings is 1. The highest BCUT2D eigenvalue weighted by atomic mass is 16.5. The second-order valence-electron chi connectivity index (χ2n) is 5.69. The van der Waals surface area contributed by atoms with E-state index in [0.29, 0.717) is 5.92 Å². The fourth-order valence-electron chi connectivity index (χ4n) is 2.62. The van der Waals surface area contributed by atoms with Gasteiger partial charge in [-0.3, -0.25) is 4.79 Å². The number of methoxy groups -OCH3 is 1. The summed E-state index contributed by atoms with van der Waals surface area (Å²) in [5.74, 6) is 1.36. The van der Waals surface area contributed by atoms with E-state index >= 15 is 0 Å². The third-order valence-electron chi connectivity index (χ3n) is 4.27. The number of ether oxygens (including phenoxy) is 1. The Morgan fingerprint density at radius 3 is 2.55 bits per heavy atom. The molecule has 0 radical (unpaired) electrons. The van der Waals surface area contributed by atoms with Gasteiger partial charge >= 0.3 is 0 Å². The van der Waals surface area contributed by atoms with Crippen LogP contribution in [0.25, 0.3) is 0 Å². The van der Waals surface area contributed by atoms with Crippen molar-refractivity contribution in [1.82, 2.24) is 4.90 Å². The van der Waals surface area contributed by atoms with E-state index in [2.05, 4.69) is 12.1 Å². The first-order valence-electron chi connectivity index (χ1n) is 7.21. The van der Waals surface area contributed by atoms with Gasteiger partial charge in [0.2, 0.25) is 5.91 Å². The zero-order chi connectivity index (χ0) is 14.7. The zero-order valence-corrected chi connectivity index (χ0v) is 12.5. The Morgan fingerprint density at radius 2 is 2.00 bits per heavy atom. The number of carbonyl (C=O) groups is 1. The molecule has 1 fully saturated rings. The van der Waals surface area contributed by atoms with Crippen LogP contribution in [-0.2, 0) is 4.79 Å². The lowest BCUT2D eigenvalue weighted by atomic mass is 9.98. The first kappa shape index (κ1) is 14.9. The Kier molecular flexibility index (Phi) is 4.65. The van der Waals surface area contributed by atoms with E-state index in [4.69, 9.17) is 10.5 Å². The maximum atomic E-state index is 12.3. The van der Waals surface area contributed by atoms with E-state index < -0.39 is 0 Å². The van der Waals surface area contributed by atoms with Crippen LogP contribution in [0.1, 0.15) is 31.7 Å². The topological polar surface area (TPSA) is 55.6 Å². The van der Waals surface area contributed by atoms with Crippen molar-refractivity contribution in [3.05, 3.63) is 29.8 Å². The number of hydrogen-bond donors (Lipinski definition) is 1. The van der Waals surface area contributed by atoms with Crippen LogP contribution in [0.3, 0.4) is 0 Å². The minimum atomic E-state index is -0.107. The van der Waals surface area contributed by atoms with Gasteiger partial charge in [0.1, 0.15) is 5.75 Å². The number of hydrogen-bond acceptors (Lipinski definition) is 3. The molecule has 110 valence electrons. The summed E-state index contributed by atoms with van der Waals surface area (Å²) < 4.78 is 5.17. The number of nitrogens with two attached hydrogens (primary N) is 1. The molecule has 1 aliphatic rings. The van der Waals surface area contributed by atoms with Crippen LogP contribution >= 0.6 is 0 Å². The van der Waals surface area contributed by atoms with Crippen LogP contribution in [0.5, 0.6) is 5.75 Å². The fourth-order valence-corrected chi connectivity index (χ4v) is 2.62. The fraction of sp³-hybridized carbons (Fsp3) is 0.562. The van der Waals surface area contributed by atoms with Crippen molar-refractivity contribution >= 4 is 5.91 Å². The maximum Gasteiger partial charge on any atom is 0.226 e. The number of likely N-dealkylation sites (tertiary alicyclic amines) is 1. The van der Waals surface area contributed by atoms with Gasteiger partial charge in [0.05, 0.1) is 13.0 Å². The molecule has 4 heteroatoms. The van der Waals surface area contributed by atoms with Gasteiger partial charge in [0.25, 0.3) is 0 Å². The third kappa shape index (κ3) is 3.12. The monoisotopic (exact) mass is 276 g/mol. The van der Waals surface area contributed by atoms with Crippen LogP contribution in [0.15, 0.2) is 24.3 Å². The second-order valence-corrected chi connectivity index (χ2v) is 5.69. The van der Waals surface area contributed by atoms with Gasteiger partial charge in [0, 0.05) is 25.0 Å². The standard InChI is InChI=1S/C16H24N2O2/c1-11(12(2)17)16(19)18-9-8-14(10-18)13-4-6-15(20-3)7-5-13/h4-7,11-12,14H,8-10,17H2,1-3H3. The Bertz CT molecular complexity index is 456.